The molecule has 0 fully saturated rings. The Labute approximate surface area is 126 Å². The third-order valence-electron chi connectivity index (χ3n) is 3.12. The summed E-state index contributed by atoms with van der Waals surface area (Å²) < 4.78 is 37.9. The van der Waals surface area contributed by atoms with Gasteiger partial charge in [-0.15, -0.1) is 11.3 Å². The van der Waals surface area contributed by atoms with E-state index in [-0.39, 0.29) is 6.04 Å². The topological polar surface area (TPSA) is 24.9 Å². The van der Waals surface area contributed by atoms with Crippen LogP contribution in [0.25, 0.3) is 0 Å². The second kappa shape index (κ2) is 6.58. The van der Waals surface area contributed by atoms with Gasteiger partial charge >= 0.3 is 6.18 Å². The summed E-state index contributed by atoms with van der Waals surface area (Å²) in [5.41, 5.74) is 2.25. The highest BCUT2D eigenvalue weighted by molar-refractivity contribution is 7.11. The molecule has 1 aromatic heterocycles. The fourth-order valence-corrected chi connectivity index (χ4v) is 2.92. The zero-order valence-corrected chi connectivity index (χ0v) is 12.7. The predicted molar refractivity (Wildman–Crippen MR) is 78.4 cm³/mol. The van der Waals surface area contributed by atoms with Crippen LogP contribution in [0.4, 0.5) is 13.2 Å². The number of hydrogen-bond donors (Lipinski definition) is 1. The van der Waals surface area contributed by atoms with Crippen LogP contribution in [0.5, 0.6) is 0 Å². The first-order valence-electron chi connectivity index (χ1n) is 6.72. The lowest BCUT2D eigenvalue weighted by Gasteiger charge is -2.16. The average Bonchev–Trinajstić information content (AvgIpc) is 2.90. The molecule has 1 aromatic carbocycles. The van der Waals surface area contributed by atoms with E-state index in [0.29, 0.717) is 29.2 Å². The van der Waals surface area contributed by atoms with Crippen molar-refractivity contribution in [1.82, 2.24) is 10.3 Å². The van der Waals surface area contributed by atoms with Crippen LogP contribution in [-0.4, -0.2) is 11.5 Å². The van der Waals surface area contributed by atoms with Crippen molar-refractivity contribution in [2.75, 3.05) is 6.54 Å². The van der Waals surface area contributed by atoms with Gasteiger partial charge < -0.3 is 5.32 Å². The molecule has 1 unspecified atom stereocenters. The first-order valence-corrected chi connectivity index (χ1v) is 7.53. The van der Waals surface area contributed by atoms with Crippen LogP contribution in [0, 0.1) is 6.92 Å². The minimum atomic E-state index is -4.37. The molecule has 1 heterocycles. The molecular weight excluding hydrogens is 297 g/mol. The van der Waals surface area contributed by atoms with E-state index in [9.17, 15) is 13.2 Å². The number of aromatic nitrogens is 1. The highest BCUT2D eigenvalue weighted by Crippen LogP contribution is 2.35. The zero-order chi connectivity index (χ0) is 15.5. The Morgan fingerprint density at radius 2 is 1.90 bits per heavy atom. The van der Waals surface area contributed by atoms with Gasteiger partial charge in [0.15, 0.2) is 5.01 Å². The van der Waals surface area contributed by atoms with Gasteiger partial charge in [0.05, 0.1) is 0 Å². The number of nitrogens with one attached hydrogen (secondary N) is 1. The van der Waals surface area contributed by atoms with E-state index < -0.39 is 11.2 Å². The van der Waals surface area contributed by atoms with Crippen molar-refractivity contribution >= 4 is 11.3 Å². The number of likely N-dealkylation sites (N-methyl/N-ethyl adjacent to an activating group) is 1. The van der Waals surface area contributed by atoms with Gasteiger partial charge in [-0.05, 0) is 25.5 Å². The Morgan fingerprint density at radius 3 is 2.43 bits per heavy atom. The molecular formula is C15H17F3N2S. The van der Waals surface area contributed by atoms with E-state index in [0.717, 1.165) is 11.1 Å². The maximum Gasteiger partial charge on any atom is 0.443 e. The molecule has 0 bridgehead atoms. The van der Waals surface area contributed by atoms with Crippen molar-refractivity contribution in [1.29, 1.82) is 0 Å². The lowest BCUT2D eigenvalue weighted by molar-refractivity contribution is -0.137. The van der Waals surface area contributed by atoms with Crippen LogP contribution in [-0.2, 0) is 12.6 Å². The number of thiazole rings is 1. The lowest BCUT2D eigenvalue weighted by Crippen LogP contribution is -2.22. The number of alkyl halides is 3. The highest BCUT2D eigenvalue weighted by Gasteiger charge is 2.35. The molecule has 0 aliphatic heterocycles. The number of aryl methyl sites for hydroxylation is 1. The van der Waals surface area contributed by atoms with E-state index in [1.165, 1.54) is 6.20 Å². The molecule has 21 heavy (non-hydrogen) atoms. The Hall–Kier alpha value is -1.40. The highest BCUT2D eigenvalue weighted by atomic mass is 32.1. The standard InChI is InChI=1S/C15H17F3N2S/c1-3-19-12(8-11-6-4-10(2)5-7-11)13-9-20-14(21-13)15(16,17)18/h4-7,9,12,19H,3,8H2,1-2H3. The third-order valence-corrected chi connectivity index (χ3v) is 4.28. The van der Waals surface area contributed by atoms with Gasteiger partial charge in [0.25, 0.3) is 0 Å². The minimum absolute atomic E-state index is 0.147. The molecule has 114 valence electrons. The van der Waals surface area contributed by atoms with Crippen molar-refractivity contribution in [2.45, 2.75) is 32.5 Å². The van der Waals surface area contributed by atoms with Gasteiger partial charge in [-0.1, -0.05) is 36.8 Å². The largest absolute Gasteiger partial charge is 0.443 e. The van der Waals surface area contributed by atoms with Gasteiger partial charge in [-0.2, -0.15) is 13.2 Å². The van der Waals surface area contributed by atoms with Gasteiger partial charge in [-0.3, -0.25) is 0 Å². The second-order valence-corrected chi connectivity index (χ2v) is 5.93. The van der Waals surface area contributed by atoms with Crippen LogP contribution >= 0.6 is 11.3 Å². The van der Waals surface area contributed by atoms with Crippen LogP contribution in [0.15, 0.2) is 30.5 Å². The number of benzene rings is 1. The smallest absolute Gasteiger partial charge is 0.309 e. The Balaban J connectivity index is 2.18. The molecule has 0 aliphatic carbocycles. The second-order valence-electron chi connectivity index (χ2n) is 4.87. The van der Waals surface area contributed by atoms with Gasteiger partial charge in [-0.25, -0.2) is 4.98 Å². The maximum absolute atomic E-state index is 12.6. The SMILES string of the molecule is CCNC(Cc1ccc(C)cc1)c1cnc(C(F)(F)F)s1. The fourth-order valence-electron chi connectivity index (χ4n) is 2.06. The first-order chi connectivity index (χ1) is 9.90. The van der Waals surface area contributed by atoms with Crippen LogP contribution in [0.1, 0.15) is 34.0 Å². The molecule has 0 amide bonds. The molecule has 2 aromatic rings. The van der Waals surface area contributed by atoms with Crippen molar-refractivity contribution < 1.29 is 13.2 Å². The summed E-state index contributed by atoms with van der Waals surface area (Å²) >= 11 is 0.712. The van der Waals surface area contributed by atoms with Crippen molar-refractivity contribution in [3.05, 3.63) is 51.5 Å². The van der Waals surface area contributed by atoms with Crippen molar-refractivity contribution in [3.63, 3.8) is 0 Å². The molecule has 0 spiro atoms. The van der Waals surface area contributed by atoms with Crippen LogP contribution in [0.2, 0.25) is 0 Å². The van der Waals surface area contributed by atoms with Crippen molar-refractivity contribution in [3.8, 4) is 0 Å². The summed E-state index contributed by atoms with van der Waals surface area (Å²) in [4.78, 5) is 4.12. The molecule has 2 nitrogen and oxygen atoms in total. The monoisotopic (exact) mass is 314 g/mol. The number of nitrogens with zero attached hydrogens (tertiary/aromatic N) is 1. The lowest BCUT2D eigenvalue weighted by atomic mass is 10.0. The van der Waals surface area contributed by atoms with E-state index in [2.05, 4.69) is 10.3 Å². The van der Waals surface area contributed by atoms with E-state index in [4.69, 9.17) is 0 Å². The molecule has 0 saturated heterocycles. The van der Waals surface area contributed by atoms with E-state index in [1.807, 2.05) is 38.1 Å². The Morgan fingerprint density at radius 1 is 1.24 bits per heavy atom. The van der Waals surface area contributed by atoms with Gasteiger partial charge in [0.1, 0.15) is 0 Å². The number of halogens is 3. The molecule has 6 heteroatoms. The summed E-state index contributed by atoms with van der Waals surface area (Å²) in [7, 11) is 0. The zero-order valence-electron chi connectivity index (χ0n) is 11.9. The summed E-state index contributed by atoms with van der Waals surface area (Å²) in [6, 6.07) is 7.88. The van der Waals surface area contributed by atoms with E-state index >= 15 is 0 Å². The molecule has 1 N–H and O–H groups in total. The van der Waals surface area contributed by atoms with Crippen LogP contribution < -0.4 is 5.32 Å². The Bertz CT molecular complexity index is 575. The first kappa shape index (κ1) is 16.0. The molecule has 0 aliphatic rings. The summed E-state index contributed by atoms with van der Waals surface area (Å²) in [6.07, 6.45) is -2.40. The van der Waals surface area contributed by atoms with Gasteiger partial charge in [0.2, 0.25) is 0 Å². The Kier molecular flexibility index (Phi) is 5.00. The van der Waals surface area contributed by atoms with Gasteiger partial charge in [0, 0.05) is 17.1 Å². The molecule has 0 radical (unpaired) electrons. The number of rotatable bonds is 5. The minimum Gasteiger partial charge on any atom is -0.309 e. The van der Waals surface area contributed by atoms with E-state index in [1.54, 1.807) is 0 Å². The normalized spacial score (nSPS) is 13.4. The number of hydrogen-bond acceptors (Lipinski definition) is 3. The summed E-state index contributed by atoms with van der Waals surface area (Å²) in [6.45, 7) is 4.63. The fraction of sp³-hybridized carbons (Fsp3) is 0.400. The molecule has 2 rings (SSSR count). The van der Waals surface area contributed by atoms with Crippen molar-refractivity contribution in [2.24, 2.45) is 0 Å². The molecule has 1 atom stereocenters. The van der Waals surface area contributed by atoms with Crippen LogP contribution in [0.3, 0.4) is 0 Å². The summed E-state index contributed by atoms with van der Waals surface area (Å²) in [5, 5.41) is 2.44. The summed E-state index contributed by atoms with van der Waals surface area (Å²) in [5.74, 6) is 0. The molecule has 0 saturated carbocycles. The quantitative estimate of drug-likeness (QED) is 0.887. The average molecular weight is 314 g/mol. The maximum atomic E-state index is 12.6. The third kappa shape index (κ3) is 4.28. The predicted octanol–water partition coefficient (Wildman–Crippen LogP) is 4.36.